The van der Waals surface area contributed by atoms with E-state index in [1.54, 1.807) is 29.4 Å². The normalized spacial score (nSPS) is 10.4. The van der Waals surface area contributed by atoms with Crippen LogP contribution in [0.4, 0.5) is 10.5 Å². The first-order valence-electron chi connectivity index (χ1n) is 10.7. The number of hydrogen-bond acceptors (Lipinski definition) is 5. The molecule has 3 rings (SSSR count). The highest BCUT2D eigenvalue weighted by Gasteiger charge is 2.15. The van der Waals surface area contributed by atoms with E-state index in [2.05, 4.69) is 10.6 Å². The molecule has 7 nitrogen and oxygen atoms in total. The molecule has 0 atom stereocenters. The fraction of sp³-hybridized carbons (Fsp3) is 0.280. The summed E-state index contributed by atoms with van der Waals surface area (Å²) in [6, 6.07) is 16.7. The van der Waals surface area contributed by atoms with E-state index in [4.69, 9.17) is 9.47 Å². The van der Waals surface area contributed by atoms with E-state index in [1.807, 2.05) is 67.8 Å². The predicted molar refractivity (Wildman–Crippen MR) is 131 cm³/mol. The minimum absolute atomic E-state index is 0.0926. The molecule has 0 fully saturated rings. The van der Waals surface area contributed by atoms with Gasteiger partial charge in [-0.2, -0.15) is 0 Å². The van der Waals surface area contributed by atoms with Crippen LogP contribution in [0.25, 0.3) is 0 Å². The number of likely N-dealkylation sites (N-methyl/N-ethyl adjacent to an activating group) is 1. The fourth-order valence-corrected chi connectivity index (χ4v) is 3.85. The van der Waals surface area contributed by atoms with E-state index in [-0.39, 0.29) is 12.5 Å². The molecule has 1 heterocycles. The van der Waals surface area contributed by atoms with E-state index in [9.17, 15) is 9.59 Å². The van der Waals surface area contributed by atoms with Crippen LogP contribution >= 0.6 is 11.3 Å². The molecule has 8 heteroatoms. The number of rotatable bonds is 10. The second-order valence-corrected chi connectivity index (χ2v) is 8.47. The summed E-state index contributed by atoms with van der Waals surface area (Å²) in [7, 11) is 1.59. The number of urea groups is 1. The summed E-state index contributed by atoms with van der Waals surface area (Å²) >= 11 is 1.64. The zero-order chi connectivity index (χ0) is 23.6. The molecule has 0 unspecified atom stereocenters. The maximum absolute atomic E-state index is 12.7. The Kier molecular flexibility index (Phi) is 8.71. The molecule has 0 aliphatic heterocycles. The van der Waals surface area contributed by atoms with Gasteiger partial charge in [0.05, 0.1) is 13.7 Å². The van der Waals surface area contributed by atoms with E-state index in [1.165, 1.54) is 0 Å². The van der Waals surface area contributed by atoms with Gasteiger partial charge >= 0.3 is 6.03 Å². The van der Waals surface area contributed by atoms with Gasteiger partial charge in [-0.05, 0) is 60.7 Å². The number of nitrogens with one attached hydrogen (secondary N) is 2. The van der Waals surface area contributed by atoms with Crippen molar-refractivity contribution in [3.05, 3.63) is 76.0 Å². The van der Waals surface area contributed by atoms with Gasteiger partial charge in [-0.25, -0.2) is 4.79 Å². The smallest absolute Gasteiger partial charge is 0.319 e. The lowest BCUT2D eigenvalue weighted by Crippen LogP contribution is -2.41. The SMILES string of the molecule is CCN(Cc1ccc(OCc2cccs2)c(OC)c1)C(=O)CNC(=O)Nc1cccc(C)c1. The Labute approximate surface area is 198 Å². The van der Waals surface area contributed by atoms with E-state index < -0.39 is 6.03 Å². The van der Waals surface area contributed by atoms with Crippen LogP contribution in [-0.2, 0) is 17.9 Å². The van der Waals surface area contributed by atoms with E-state index >= 15 is 0 Å². The van der Waals surface area contributed by atoms with Crippen LogP contribution in [0.2, 0.25) is 0 Å². The van der Waals surface area contributed by atoms with Crippen LogP contribution in [0.5, 0.6) is 11.5 Å². The van der Waals surface area contributed by atoms with Gasteiger partial charge in [0, 0.05) is 23.7 Å². The zero-order valence-corrected chi connectivity index (χ0v) is 19.9. The average Bonchev–Trinajstić information content (AvgIpc) is 3.33. The Bertz CT molecular complexity index is 1070. The van der Waals surface area contributed by atoms with Gasteiger partial charge in [0.2, 0.25) is 5.91 Å². The number of thiophene rings is 1. The van der Waals surface area contributed by atoms with Crippen LogP contribution in [0, 0.1) is 6.92 Å². The van der Waals surface area contributed by atoms with Gasteiger partial charge in [-0.1, -0.05) is 24.3 Å². The number of anilines is 1. The lowest BCUT2D eigenvalue weighted by Gasteiger charge is -2.22. The van der Waals surface area contributed by atoms with Crippen LogP contribution in [-0.4, -0.2) is 37.0 Å². The minimum atomic E-state index is -0.418. The summed E-state index contributed by atoms with van der Waals surface area (Å²) in [5.41, 5.74) is 2.63. The monoisotopic (exact) mass is 467 g/mol. The van der Waals surface area contributed by atoms with Crippen LogP contribution in [0.3, 0.4) is 0 Å². The molecule has 3 aromatic rings. The Morgan fingerprint density at radius 2 is 1.91 bits per heavy atom. The molecule has 0 bridgehead atoms. The lowest BCUT2D eigenvalue weighted by molar-refractivity contribution is -0.130. The highest BCUT2D eigenvalue weighted by Crippen LogP contribution is 2.29. The average molecular weight is 468 g/mol. The second kappa shape index (κ2) is 11.9. The summed E-state index contributed by atoms with van der Waals surface area (Å²) in [6.07, 6.45) is 0. The number of nitrogens with zero attached hydrogens (tertiary/aromatic N) is 1. The van der Waals surface area contributed by atoms with Gasteiger partial charge < -0.3 is 25.0 Å². The number of carbonyl (C=O) groups is 2. The number of amides is 3. The van der Waals surface area contributed by atoms with E-state index in [0.29, 0.717) is 36.9 Å². The van der Waals surface area contributed by atoms with Gasteiger partial charge in [0.1, 0.15) is 6.61 Å². The van der Waals surface area contributed by atoms with Crippen molar-refractivity contribution >= 4 is 29.0 Å². The lowest BCUT2D eigenvalue weighted by atomic mass is 10.2. The van der Waals surface area contributed by atoms with Crippen molar-refractivity contribution in [3.8, 4) is 11.5 Å². The maximum Gasteiger partial charge on any atom is 0.319 e. The summed E-state index contributed by atoms with van der Waals surface area (Å²) < 4.78 is 11.4. The number of methoxy groups -OCH3 is 1. The van der Waals surface area contributed by atoms with Crippen LogP contribution in [0.1, 0.15) is 22.9 Å². The molecule has 1 aromatic heterocycles. The number of ether oxygens (including phenoxy) is 2. The standard InChI is InChI=1S/C25H29N3O4S/c1-4-28(24(29)15-26-25(30)27-20-8-5-7-18(2)13-20)16-19-10-11-22(23(14-19)31-3)32-17-21-9-6-12-33-21/h5-14H,4,15-17H2,1-3H3,(H2,26,27,30). The highest BCUT2D eigenvalue weighted by atomic mass is 32.1. The Hall–Kier alpha value is -3.52. The maximum atomic E-state index is 12.7. The second-order valence-electron chi connectivity index (χ2n) is 7.44. The molecule has 2 N–H and O–H groups in total. The molecule has 2 aromatic carbocycles. The van der Waals surface area contributed by atoms with Crippen molar-refractivity contribution in [2.45, 2.75) is 27.0 Å². The first kappa shape index (κ1) is 24.1. The summed E-state index contributed by atoms with van der Waals surface area (Å²) in [5, 5.41) is 7.38. The minimum Gasteiger partial charge on any atom is -0.493 e. The third kappa shape index (κ3) is 7.25. The quantitative estimate of drug-likeness (QED) is 0.448. The number of carbonyl (C=O) groups excluding carboxylic acids is 2. The number of hydrogen-bond donors (Lipinski definition) is 2. The Morgan fingerprint density at radius 3 is 2.61 bits per heavy atom. The molecular formula is C25H29N3O4S. The Balaban J connectivity index is 1.54. The van der Waals surface area contributed by atoms with Crippen molar-refractivity contribution < 1.29 is 19.1 Å². The van der Waals surface area contributed by atoms with Crippen LogP contribution in [0.15, 0.2) is 60.0 Å². The molecule has 3 amide bonds. The third-order valence-corrected chi connectivity index (χ3v) is 5.81. The third-order valence-electron chi connectivity index (χ3n) is 4.96. The largest absolute Gasteiger partial charge is 0.493 e. The first-order valence-corrected chi connectivity index (χ1v) is 11.6. The topological polar surface area (TPSA) is 79.9 Å². The van der Waals surface area contributed by atoms with E-state index in [0.717, 1.165) is 16.0 Å². The molecule has 0 radical (unpaired) electrons. The van der Waals surface area contributed by atoms with Crippen molar-refractivity contribution in [3.63, 3.8) is 0 Å². The molecule has 0 saturated heterocycles. The Morgan fingerprint density at radius 1 is 1.06 bits per heavy atom. The van der Waals surface area contributed by atoms with Gasteiger partial charge in [0.15, 0.2) is 11.5 Å². The molecule has 174 valence electrons. The molecule has 0 aliphatic rings. The summed E-state index contributed by atoms with van der Waals surface area (Å²) in [5.74, 6) is 1.09. The van der Waals surface area contributed by atoms with Crippen molar-refractivity contribution in [2.75, 3.05) is 25.5 Å². The fourth-order valence-electron chi connectivity index (χ4n) is 3.24. The first-order chi connectivity index (χ1) is 16.0. The molecule has 0 spiro atoms. The van der Waals surface area contributed by atoms with Crippen molar-refractivity contribution in [1.82, 2.24) is 10.2 Å². The van der Waals surface area contributed by atoms with Crippen LogP contribution < -0.4 is 20.1 Å². The molecule has 0 aliphatic carbocycles. The number of benzene rings is 2. The van der Waals surface area contributed by atoms with Gasteiger partial charge in [-0.3, -0.25) is 4.79 Å². The van der Waals surface area contributed by atoms with Gasteiger partial charge in [-0.15, -0.1) is 11.3 Å². The molecule has 33 heavy (non-hydrogen) atoms. The highest BCUT2D eigenvalue weighted by molar-refractivity contribution is 7.09. The zero-order valence-electron chi connectivity index (χ0n) is 19.1. The van der Waals surface area contributed by atoms with Crippen molar-refractivity contribution in [1.29, 1.82) is 0 Å². The predicted octanol–water partition coefficient (Wildman–Crippen LogP) is 4.81. The molecular weight excluding hydrogens is 438 g/mol. The van der Waals surface area contributed by atoms with Crippen molar-refractivity contribution in [2.24, 2.45) is 0 Å². The summed E-state index contributed by atoms with van der Waals surface area (Å²) in [6.45, 7) is 5.15. The number of aryl methyl sites for hydroxylation is 1. The summed E-state index contributed by atoms with van der Waals surface area (Å²) in [4.78, 5) is 27.6. The van der Waals surface area contributed by atoms with Gasteiger partial charge in [0.25, 0.3) is 0 Å². The molecule has 0 saturated carbocycles.